The fourth-order valence-electron chi connectivity index (χ4n) is 1.85. The zero-order valence-corrected chi connectivity index (χ0v) is 13.5. The van der Waals surface area contributed by atoms with Crippen molar-refractivity contribution < 1.29 is 18.8 Å². The number of carbonyl (C=O) groups excluding carboxylic acids is 3. The highest BCUT2D eigenvalue weighted by atomic mass is 16.3. The maximum Gasteiger partial charge on any atom is 0.244 e. The van der Waals surface area contributed by atoms with Crippen molar-refractivity contribution in [3.8, 4) is 0 Å². The summed E-state index contributed by atoms with van der Waals surface area (Å²) in [5.41, 5.74) is 5.13. The van der Waals surface area contributed by atoms with Gasteiger partial charge in [-0.2, -0.15) is 0 Å². The number of hydrogen-bond acceptors (Lipinski definition) is 4. The van der Waals surface area contributed by atoms with Gasteiger partial charge in [-0.1, -0.05) is 13.8 Å². The van der Waals surface area contributed by atoms with E-state index in [1.54, 1.807) is 12.1 Å². The number of amides is 3. The average Bonchev–Trinajstić information content (AvgIpc) is 2.97. The summed E-state index contributed by atoms with van der Waals surface area (Å²) in [4.78, 5) is 35.2. The first-order valence-electron chi connectivity index (χ1n) is 7.41. The van der Waals surface area contributed by atoms with Gasteiger partial charge in [0.2, 0.25) is 17.7 Å². The van der Waals surface area contributed by atoms with Gasteiger partial charge in [-0.25, -0.2) is 0 Å². The third kappa shape index (κ3) is 6.82. The van der Waals surface area contributed by atoms with Crippen LogP contribution < -0.4 is 16.4 Å². The van der Waals surface area contributed by atoms with Crippen LogP contribution in [-0.2, 0) is 14.4 Å². The molecule has 1 rings (SSSR count). The van der Waals surface area contributed by atoms with Gasteiger partial charge in [-0.15, -0.1) is 0 Å². The second kappa shape index (κ2) is 8.77. The molecular formula is C16H23N3O4. The highest BCUT2D eigenvalue weighted by molar-refractivity contribution is 5.96. The van der Waals surface area contributed by atoms with Crippen molar-refractivity contribution in [3.63, 3.8) is 0 Å². The SMILES string of the molecule is CC(C)C[C@H](NC(=O)/C=C/c1ccco1)C(=O)N[C@@H](C)C(N)=O. The fourth-order valence-corrected chi connectivity index (χ4v) is 1.85. The largest absolute Gasteiger partial charge is 0.465 e. The zero-order valence-electron chi connectivity index (χ0n) is 13.5. The Morgan fingerprint density at radius 2 is 1.96 bits per heavy atom. The molecule has 0 unspecified atom stereocenters. The van der Waals surface area contributed by atoms with Crippen molar-refractivity contribution in [1.29, 1.82) is 0 Å². The van der Waals surface area contributed by atoms with E-state index in [1.807, 2.05) is 13.8 Å². The second-order valence-electron chi connectivity index (χ2n) is 5.67. The van der Waals surface area contributed by atoms with Crippen LogP contribution in [-0.4, -0.2) is 29.8 Å². The van der Waals surface area contributed by atoms with E-state index in [4.69, 9.17) is 10.2 Å². The molecule has 7 nitrogen and oxygen atoms in total. The first-order valence-corrected chi connectivity index (χ1v) is 7.41. The van der Waals surface area contributed by atoms with Crippen LogP contribution in [0.3, 0.4) is 0 Å². The van der Waals surface area contributed by atoms with Crippen LogP contribution in [0.1, 0.15) is 33.0 Å². The lowest BCUT2D eigenvalue weighted by molar-refractivity contribution is -0.130. The normalized spacial score (nSPS) is 13.7. The molecule has 1 aromatic heterocycles. The highest BCUT2D eigenvalue weighted by Gasteiger charge is 2.23. The van der Waals surface area contributed by atoms with Gasteiger partial charge in [0.25, 0.3) is 0 Å². The Morgan fingerprint density at radius 3 is 2.48 bits per heavy atom. The van der Waals surface area contributed by atoms with Gasteiger partial charge in [0, 0.05) is 6.08 Å². The van der Waals surface area contributed by atoms with E-state index in [2.05, 4.69) is 10.6 Å². The third-order valence-corrected chi connectivity index (χ3v) is 3.07. The molecule has 3 amide bonds. The van der Waals surface area contributed by atoms with Gasteiger partial charge >= 0.3 is 0 Å². The molecule has 0 saturated carbocycles. The molecule has 7 heteroatoms. The number of hydrogen-bond donors (Lipinski definition) is 3. The van der Waals surface area contributed by atoms with E-state index in [9.17, 15) is 14.4 Å². The Kier molecular flexibility index (Phi) is 7.05. The van der Waals surface area contributed by atoms with Crippen LogP contribution in [0.15, 0.2) is 28.9 Å². The topological polar surface area (TPSA) is 114 Å². The van der Waals surface area contributed by atoms with Crippen LogP contribution in [0.4, 0.5) is 0 Å². The lowest BCUT2D eigenvalue weighted by Gasteiger charge is -2.21. The van der Waals surface area contributed by atoms with E-state index in [0.717, 1.165) is 0 Å². The molecule has 0 aliphatic carbocycles. The Hall–Kier alpha value is -2.57. The van der Waals surface area contributed by atoms with Gasteiger partial charge in [-0.05, 0) is 37.5 Å². The Balaban J connectivity index is 2.67. The third-order valence-electron chi connectivity index (χ3n) is 3.07. The predicted molar refractivity (Wildman–Crippen MR) is 85.9 cm³/mol. The molecule has 1 aromatic rings. The maximum atomic E-state index is 12.2. The number of primary amides is 1. The van der Waals surface area contributed by atoms with Gasteiger partial charge in [-0.3, -0.25) is 14.4 Å². The Labute approximate surface area is 135 Å². The zero-order chi connectivity index (χ0) is 17.4. The number of carbonyl (C=O) groups is 3. The van der Waals surface area contributed by atoms with Crippen LogP contribution in [0, 0.1) is 5.92 Å². The first-order chi connectivity index (χ1) is 10.8. The average molecular weight is 321 g/mol. The summed E-state index contributed by atoms with van der Waals surface area (Å²) in [5.74, 6) is -0.777. The van der Waals surface area contributed by atoms with E-state index >= 15 is 0 Å². The molecule has 23 heavy (non-hydrogen) atoms. The van der Waals surface area contributed by atoms with Crippen LogP contribution in [0.25, 0.3) is 6.08 Å². The fraction of sp³-hybridized carbons (Fsp3) is 0.438. The smallest absolute Gasteiger partial charge is 0.244 e. The van der Waals surface area contributed by atoms with Gasteiger partial charge in [0.05, 0.1) is 6.26 Å². The summed E-state index contributed by atoms with van der Waals surface area (Å²) in [5, 5.41) is 5.11. The first kappa shape index (κ1) is 18.5. The summed E-state index contributed by atoms with van der Waals surface area (Å²) in [6, 6.07) is 1.87. The summed E-state index contributed by atoms with van der Waals surface area (Å²) in [6.07, 6.45) is 4.73. The summed E-state index contributed by atoms with van der Waals surface area (Å²) in [6.45, 7) is 5.36. The Bertz CT molecular complexity index is 564. The monoisotopic (exact) mass is 321 g/mol. The van der Waals surface area contributed by atoms with Crippen LogP contribution in [0.5, 0.6) is 0 Å². The molecule has 0 bridgehead atoms. The molecule has 0 saturated heterocycles. The predicted octanol–water partition coefficient (Wildman–Crippen LogP) is 0.814. The molecule has 0 spiro atoms. The minimum Gasteiger partial charge on any atom is -0.465 e. The van der Waals surface area contributed by atoms with Crippen molar-refractivity contribution in [2.75, 3.05) is 0 Å². The minimum atomic E-state index is -0.798. The second-order valence-corrected chi connectivity index (χ2v) is 5.67. The molecular weight excluding hydrogens is 298 g/mol. The van der Waals surface area contributed by atoms with Crippen molar-refractivity contribution in [2.24, 2.45) is 11.7 Å². The molecule has 2 atom stereocenters. The summed E-state index contributed by atoms with van der Waals surface area (Å²) < 4.78 is 5.08. The highest BCUT2D eigenvalue weighted by Crippen LogP contribution is 2.06. The molecule has 126 valence electrons. The lowest BCUT2D eigenvalue weighted by Crippen LogP contribution is -2.52. The molecule has 1 heterocycles. The van der Waals surface area contributed by atoms with Gasteiger partial charge in [0.1, 0.15) is 17.8 Å². The maximum absolute atomic E-state index is 12.2. The standard InChI is InChI=1S/C16H23N3O4/c1-10(2)9-13(16(22)18-11(3)15(17)21)19-14(20)7-6-12-5-4-8-23-12/h4-8,10-11,13H,9H2,1-3H3,(H2,17,21)(H,18,22)(H,19,20)/b7-6+/t11-,13-/m0/s1. The number of nitrogens with one attached hydrogen (secondary N) is 2. The van der Waals surface area contributed by atoms with E-state index < -0.39 is 29.8 Å². The van der Waals surface area contributed by atoms with Crippen LogP contribution in [0.2, 0.25) is 0 Å². The molecule has 0 aliphatic rings. The van der Waals surface area contributed by atoms with Gasteiger partial charge in [0.15, 0.2) is 0 Å². The van der Waals surface area contributed by atoms with E-state index in [0.29, 0.717) is 12.2 Å². The molecule has 0 aromatic carbocycles. The van der Waals surface area contributed by atoms with Crippen LogP contribution >= 0.6 is 0 Å². The number of nitrogens with two attached hydrogens (primary N) is 1. The van der Waals surface area contributed by atoms with Crippen molar-refractivity contribution in [1.82, 2.24) is 10.6 Å². The Morgan fingerprint density at radius 1 is 1.26 bits per heavy atom. The number of rotatable bonds is 8. The molecule has 4 N–H and O–H groups in total. The minimum absolute atomic E-state index is 0.184. The number of furan rings is 1. The summed E-state index contributed by atoms with van der Waals surface area (Å²) in [7, 11) is 0. The van der Waals surface area contributed by atoms with E-state index in [1.165, 1.54) is 25.3 Å². The molecule has 0 aliphatic heterocycles. The molecule has 0 fully saturated rings. The summed E-state index contributed by atoms with van der Waals surface area (Å²) >= 11 is 0. The quantitative estimate of drug-likeness (QED) is 0.615. The van der Waals surface area contributed by atoms with Crippen molar-refractivity contribution in [2.45, 2.75) is 39.3 Å². The lowest BCUT2D eigenvalue weighted by atomic mass is 10.0. The van der Waals surface area contributed by atoms with E-state index in [-0.39, 0.29) is 5.92 Å². The van der Waals surface area contributed by atoms with Gasteiger partial charge < -0.3 is 20.8 Å². The van der Waals surface area contributed by atoms with Crippen molar-refractivity contribution in [3.05, 3.63) is 30.2 Å². The van der Waals surface area contributed by atoms with Crippen molar-refractivity contribution >= 4 is 23.8 Å². The molecule has 0 radical (unpaired) electrons.